The number of hydrogen-bond acceptors (Lipinski definition) is 7. The number of piperidine rings is 1. The van der Waals surface area contributed by atoms with Crippen molar-refractivity contribution in [1.29, 1.82) is 0 Å². The third-order valence-corrected chi connectivity index (χ3v) is 9.33. The largest absolute Gasteiger partial charge is 0.492 e. The zero-order valence-electron chi connectivity index (χ0n) is 26.6. The molecular formula is C36H43N7O3. The van der Waals surface area contributed by atoms with Gasteiger partial charge in [-0.1, -0.05) is 42.5 Å². The van der Waals surface area contributed by atoms with Crippen molar-refractivity contribution >= 4 is 17.8 Å². The number of fused-ring (bicyclic) bond motifs is 1. The third-order valence-electron chi connectivity index (χ3n) is 9.33. The molecule has 2 aliphatic rings. The van der Waals surface area contributed by atoms with Crippen LogP contribution in [-0.4, -0.2) is 80.7 Å². The van der Waals surface area contributed by atoms with Crippen molar-refractivity contribution in [2.75, 3.05) is 44.2 Å². The van der Waals surface area contributed by atoms with Gasteiger partial charge >= 0.3 is 0 Å². The molecule has 4 heterocycles. The molecule has 6 rings (SSSR count). The Balaban J connectivity index is 1.22. The lowest BCUT2D eigenvalue weighted by Crippen LogP contribution is -2.46. The van der Waals surface area contributed by atoms with Crippen LogP contribution < -0.4 is 9.64 Å². The van der Waals surface area contributed by atoms with Gasteiger partial charge in [-0.05, 0) is 61.4 Å². The van der Waals surface area contributed by atoms with Gasteiger partial charge in [0.05, 0.1) is 18.4 Å². The molecule has 2 amide bonds. The molecule has 0 N–H and O–H groups in total. The van der Waals surface area contributed by atoms with E-state index in [2.05, 4.69) is 32.1 Å². The van der Waals surface area contributed by atoms with E-state index in [1.165, 1.54) is 0 Å². The highest BCUT2D eigenvalue weighted by molar-refractivity contribution is 5.97. The number of aryl methyl sites for hydroxylation is 2. The van der Waals surface area contributed by atoms with Crippen LogP contribution in [0.5, 0.6) is 5.75 Å². The summed E-state index contributed by atoms with van der Waals surface area (Å²) in [7, 11) is 1.89. The summed E-state index contributed by atoms with van der Waals surface area (Å²) in [6.45, 7) is 4.28. The van der Waals surface area contributed by atoms with E-state index in [0.29, 0.717) is 69.4 Å². The van der Waals surface area contributed by atoms with Gasteiger partial charge in [-0.3, -0.25) is 14.3 Å². The first-order valence-corrected chi connectivity index (χ1v) is 16.3. The molecule has 0 atom stereocenters. The standard InChI is InChI=1S/C36H43N7O3/c1-40-26-30(25-39-40)13-14-33(44)41-21-16-36(17-22-41)15-7-20-42(35-37-18-8-19-38-35)23-24-43(27-29-9-3-2-4-10-29)34(45)31-11-5-6-12-32(31)46-28-36/h2-6,8-12,18-19,25-26H,7,13-17,20-24,27-28H2,1H3. The summed E-state index contributed by atoms with van der Waals surface area (Å²) in [6.07, 6.45) is 12.1. The molecule has 1 fully saturated rings. The Morgan fingerprint density at radius 2 is 1.63 bits per heavy atom. The van der Waals surface area contributed by atoms with Crippen LogP contribution in [0.15, 0.2) is 85.5 Å². The summed E-state index contributed by atoms with van der Waals surface area (Å²) < 4.78 is 8.35. The fourth-order valence-corrected chi connectivity index (χ4v) is 6.59. The number of nitrogens with zero attached hydrogens (tertiary/aromatic N) is 7. The van der Waals surface area contributed by atoms with Gasteiger partial charge in [0.15, 0.2) is 0 Å². The van der Waals surface area contributed by atoms with E-state index in [1.807, 2.05) is 77.8 Å². The lowest BCUT2D eigenvalue weighted by Gasteiger charge is -2.42. The van der Waals surface area contributed by atoms with E-state index >= 15 is 0 Å². The number of anilines is 1. The molecule has 0 saturated carbocycles. The molecule has 4 aromatic rings. The Labute approximate surface area is 271 Å². The fraction of sp³-hybridized carbons (Fsp3) is 0.417. The summed E-state index contributed by atoms with van der Waals surface area (Å²) in [6, 6.07) is 19.5. The van der Waals surface area contributed by atoms with Crippen LogP contribution in [0, 0.1) is 5.41 Å². The molecule has 10 nitrogen and oxygen atoms in total. The zero-order valence-corrected chi connectivity index (χ0v) is 26.6. The number of hydrogen-bond donors (Lipinski definition) is 0. The van der Waals surface area contributed by atoms with Crippen LogP contribution in [0.4, 0.5) is 5.95 Å². The summed E-state index contributed by atoms with van der Waals surface area (Å²) >= 11 is 0. The van der Waals surface area contributed by atoms with Crippen molar-refractivity contribution in [3.05, 3.63) is 102 Å². The number of rotatable bonds is 6. The highest BCUT2D eigenvalue weighted by atomic mass is 16.5. The van der Waals surface area contributed by atoms with Crippen LogP contribution in [0.3, 0.4) is 0 Å². The highest BCUT2D eigenvalue weighted by Crippen LogP contribution is 2.38. The van der Waals surface area contributed by atoms with E-state index in [0.717, 1.165) is 43.4 Å². The number of carbonyl (C=O) groups excluding carboxylic acids is 2. The van der Waals surface area contributed by atoms with Crippen LogP contribution in [-0.2, 0) is 24.8 Å². The van der Waals surface area contributed by atoms with E-state index in [1.54, 1.807) is 17.1 Å². The minimum Gasteiger partial charge on any atom is -0.492 e. The Hall–Kier alpha value is -4.73. The van der Waals surface area contributed by atoms with Crippen molar-refractivity contribution in [2.45, 2.75) is 45.1 Å². The van der Waals surface area contributed by atoms with Crippen LogP contribution in [0.25, 0.3) is 0 Å². The summed E-state index contributed by atoms with van der Waals surface area (Å²) in [4.78, 5) is 42.6. The number of amides is 2. The Bertz CT molecular complexity index is 1590. The maximum Gasteiger partial charge on any atom is 0.257 e. The predicted molar refractivity (Wildman–Crippen MR) is 176 cm³/mol. The quantitative estimate of drug-likeness (QED) is 0.306. The van der Waals surface area contributed by atoms with Crippen molar-refractivity contribution in [3.8, 4) is 5.75 Å². The van der Waals surface area contributed by atoms with E-state index < -0.39 is 0 Å². The second kappa shape index (κ2) is 14.6. The van der Waals surface area contributed by atoms with Gasteiger partial charge in [-0.15, -0.1) is 0 Å². The highest BCUT2D eigenvalue weighted by Gasteiger charge is 2.37. The second-order valence-corrected chi connectivity index (χ2v) is 12.5. The molecule has 0 aliphatic carbocycles. The predicted octanol–water partition coefficient (Wildman–Crippen LogP) is 4.77. The molecule has 1 spiro atoms. The Kier molecular flexibility index (Phi) is 9.91. The summed E-state index contributed by atoms with van der Waals surface area (Å²) in [5.74, 6) is 1.41. The molecular weight excluding hydrogens is 578 g/mol. The molecule has 46 heavy (non-hydrogen) atoms. The lowest BCUT2D eigenvalue weighted by atomic mass is 9.75. The number of likely N-dealkylation sites (tertiary alicyclic amines) is 1. The second-order valence-electron chi connectivity index (χ2n) is 12.5. The first-order valence-electron chi connectivity index (χ1n) is 16.3. The molecule has 1 saturated heterocycles. The topological polar surface area (TPSA) is 96.7 Å². The SMILES string of the molecule is Cn1cc(CCC(=O)N2CCC3(CCCN(c4ncccn4)CCN(Cc4ccccc4)C(=O)c4ccccc4OC3)CC2)cn1. The van der Waals surface area contributed by atoms with Gasteiger partial charge in [0.25, 0.3) is 5.91 Å². The fourth-order valence-electron chi connectivity index (χ4n) is 6.59. The third kappa shape index (κ3) is 7.73. The van der Waals surface area contributed by atoms with Crippen LogP contribution >= 0.6 is 0 Å². The number of carbonyl (C=O) groups is 2. The van der Waals surface area contributed by atoms with Crippen molar-refractivity contribution in [3.63, 3.8) is 0 Å². The van der Waals surface area contributed by atoms with Crippen LogP contribution in [0.2, 0.25) is 0 Å². The Morgan fingerprint density at radius 1 is 0.870 bits per heavy atom. The van der Waals surface area contributed by atoms with E-state index in [9.17, 15) is 9.59 Å². The van der Waals surface area contributed by atoms with Crippen molar-refractivity contribution in [1.82, 2.24) is 29.5 Å². The zero-order chi connectivity index (χ0) is 31.8. The molecule has 0 radical (unpaired) electrons. The maximum atomic E-state index is 14.2. The Morgan fingerprint density at radius 3 is 2.39 bits per heavy atom. The average molecular weight is 622 g/mol. The molecule has 0 unspecified atom stereocenters. The smallest absolute Gasteiger partial charge is 0.257 e. The number of aromatic nitrogens is 4. The molecule has 240 valence electrons. The molecule has 2 aromatic carbocycles. The van der Waals surface area contributed by atoms with Crippen LogP contribution in [0.1, 0.15) is 53.6 Å². The molecule has 2 aromatic heterocycles. The first-order chi connectivity index (χ1) is 22.5. The normalized spacial score (nSPS) is 17.4. The summed E-state index contributed by atoms with van der Waals surface area (Å²) in [5, 5.41) is 4.22. The van der Waals surface area contributed by atoms with Gasteiger partial charge in [0.2, 0.25) is 11.9 Å². The van der Waals surface area contributed by atoms with Crippen molar-refractivity contribution in [2.24, 2.45) is 12.5 Å². The first kappa shape index (κ1) is 31.3. The summed E-state index contributed by atoms with van der Waals surface area (Å²) in [5.41, 5.74) is 2.60. The lowest BCUT2D eigenvalue weighted by molar-refractivity contribution is -0.134. The number of ether oxygens (including phenoxy) is 1. The van der Waals surface area contributed by atoms with E-state index in [-0.39, 0.29) is 17.2 Å². The minimum atomic E-state index is -0.114. The number of para-hydroxylation sites is 1. The van der Waals surface area contributed by atoms with Gasteiger partial charge in [0, 0.05) is 76.7 Å². The van der Waals surface area contributed by atoms with Gasteiger partial charge < -0.3 is 19.4 Å². The molecule has 0 bridgehead atoms. The van der Waals surface area contributed by atoms with Gasteiger partial charge in [0.1, 0.15) is 5.75 Å². The monoisotopic (exact) mass is 621 g/mol. The van der Waals surface area contributed by atoms with E-state index in [4.69, 9.17) is 4.74 Å². The average Bonchev–Trinajstić information content (AvgIpc) is 3.52. The van der Waals surface area contributed by atoms with Gasteiger partial charge in [-0.25, -0.2) is 9.97 Å². The van der Waals surface area contributed by atoms with Gasteiger partial charge in [-0.2, -0.15) is 5.10 Å². The maximum absolute atomic E-state index is 14.2. The minimum absolute atomic E-state index is 0.0595. The molecule has 2 aliphatic heterocycles. The number of benzene rings is 2. The molecule has 10 heteroatoms. The van der Waals surface area contributed by atoms with Crippen molar-refractivity contribution < 1.29 is 14.3 Å².